The first-order valence-corrected chi connectivity index (χ1v) is 6.29. The van der Waals surface area contributed by atoms with Crippen molar-refractivity contribution < 1.29 is 9.47 Å². The normalized spacial score (nSPS) is 14.3. The maximum atomic E-state index is 6.00. The first-order valence-electron chi connectivity index (χ1n) is 5.92. The molecule has 2 atom stereocenters. The minimum atomic E-state index is 0.118. The SMILES string of the molecule is COc1ccc(Cl)cc1CC(CC(C)OC)NN. The van der Waals surface area contributed by atoms with Crippen LogP contribution in [0.2, 0.25) is 5.02 Å². The summed E-state index contributed by atoms with van der Waals surface area (Å²) in [4.78, 5) is 0. The number of hydrogen-bond donors (Lipinski definition) is 2. The standard InChI is InChI=1S/C13H21ClN2O2/c1-9(17-2)6-12(16-15)8-10-7-11(14)4-5-13(10)18-3/h4-5,7,9,12,16H,6,8,15H2,1-3H3. The lowest BCUT2D eigenvalue weighted by molar-refractivity contribution is 0.100. The van der Waals surface area contributed by atoms with E-state index in [1.54, 1.807) is 14.2 Å². The minimum absolute atomic E-state index is 0.118. The van der Waals surface area contributed by atoms with E-state index in [0.29, 0.717) is 5.02 Å². The lowest BCUT2D eigenvalue weighted by Crippen LogP contribution is -2.39. The van der Waals surface area contributed by atoms with Crippen LogP contribution in [-0.2, 0) is 11.2 Å². The van der Waals surface area contributed by atoms with Crippen molar-refractivity contribution in [2.24, 2.45) is 5.84 Å². The van der Waals surface area contributed by atoms with Crippen molar-refractivity contribution in [3.63, 3.8) is 0 Å². The van der Waals surface area contributed by atoms with Gasteiger partial charge in [0.15, 0.2) is 0 Å². The fraction of sp³-hybridized carbons (Fsp3) is 0.538. The molecule has 0 aromatic heterocycles. The van der Waals surface area contributed by atoms with Gasteiger partial charge >= 0.3 is 0 Å². The summed E-state index contributed by atoms with van der Waals surface area (Å²) in [6.07, 6.45) is 1.72. The summed E-state index contributed by atoms with van der Waals surface area (Å²) in [5.74, 6) is 6.40. The molecular formula is C13H21ClN2O2. The fourth-order valence-electron chi connectivity index (χ4n) is 1.88. The van der Waals surface area contributed by atoms with Crippen LogP contribution >= 0.6 is 11.6 Å². The van der Waals surface area contributed by atoms with Crippen LogP contribution in [0.3, 0.4) is 0 Å². The van der Waals surface area contributed by atoms with Crippen molar-refractivity contribution in [2.45, 2.75) is 31.9 Å². The van der Waals surface area contributed by atoms with Gasteiger partial charge in [-0.1, -0.05) is 11.6 Å². The van der Waals surface area contributed by atoms with Crippen LogP contribution in [-0.4, -0.2) is 26.4 Å². The molecule has 4 nitrogen and oxygen atoms in total. The highest BCUT2D eigenvalue weighted by Crippen LogP contribution is 2.24. The van der Waals surface area contributed by atoms with Gasteiger partial charge in [-0.05, 0) is 43.5 Å². The number of hydrazine groups is 1. The number of rotatable bonds is 7. The third-order valence-electron chi connectivity index (χ3n) is 2.96. The van der Waals surface area contributed by atoms with Gasteiger partial charge in [0.2, 0.25) is 0 Å². The molecule has 0 spiro atoms. The van der Waals surface area contributed by atoms with Crippen molar-refractivity contribution in [1.82, 2.24) is 5.43 Å². The second-order valence-electron chi connectivity index (χ2n) is 4.31. The summed E-state index contributed by atoms with van der Waals surface area (Å²) >= 11 is 6.00. The van der Waals surface area contributed by atoms with Crippen LogP contribution in [0.15, 0.2) is 18.2 Å². The first kappa shape index (κ1) is 15.2. The van der Waals surface area contributed by atoms with E-state index in [4.69, 9.17) is 26.9 Å². The zero-order valence-electron chi connectivity index (χ0n) is 11.1. The Morgan fingerprint density at radius 3 is 2.67 bits per heavy atom. The Balaban J connectivity index is 2.77. The Bertz CT molecular complexity index is 374. The molecule has 1 aromatic carbocycles. The van der Waals surface area contributed by atoms with E-state index in [-0.39, 0.29) is 12.1 Å². The second-order valence-corrected chi connectivity index (χ2v) is 4.74. The smallest absolute Gasteiger partial charge is 0.122 e. The van der Waals surface area contributed by atoms with Crippen molar-refractivity contribution >= 4 is 11.6 Å². The predicted molar refractivity (Wildman–Crippen MR) is 73.9 cm³/mol. The monoisotopic (exact) mass is 272 g/mol. The molecule has 1 rings (SSSR count). The highest BCUT2D eigenvalue weighted by molar-refractivity contribution is 6.30. The van der Waals surface area contributed by atoms with Gasteiger partial charge < -0.3 is 9.47 Å². The number of hydrogen-bond acceptors (Lipinski definition) is 4. The molecule has 0 radical (unpaired) electrons. The average Bonchev–Trinajstić information content (AvgIpc) is 2.38. The van der Waals surface area contributed by atoms with Gasteiger partial charge in [0.1, 0.15) is 5.75 Å². The molecule has 5 heteroatoms. The highest BCUT2D eigenvalue weighted by Gasteiger charge is 2.15. The summed E-state index contributed by atoms with van der Waals surface area (Å²) in [5.41, 5.74) is 3.85. The molecule has 3 N–H and O–H groups in total. The van der Waals surface area contributed by atoms with E-state index in [9.17, 15) is 0 Å². The largest absolute Gasteiger partial charge is 0.496 e. The third kappa shape index (κ3) is 4.46. The predicted octanol–water partition coefficient (Wildman–Crippen LogP) is 2.15. The van der Waals surface area contributed by atoms with Gasteiger partial charge in [0, 0.05) is 18.2 Å². The molecule has 0 heterocycles. The lowest BCUT2D eigenvalue weighted by atomic mass is 10.0. The highest BCUT2D eigenvalue weighted by atomic mass is 35.5. The molecule has 0 saturated heterocycles. The first-order chi connectivity index (χ1) is 8.60. The molecular weight excluding hydrogens is 252 g/mol. The molecule has 0 aliphatic rings. The van der Waals surface area contributed by atoms with E-state index >= 15 is 0 Å². The van der Waals surface area contributed by atoms with E-state index < -0.39 is 0 Å². The minimum Gasteiger partial charge on any atom is -0.496 e. The van der Waals surface area contributed by atoms with Gasteiger partial charge in [-0.2, -0.15) is 0 Å². The van der Waals surface area contributed by atoms with Crippen LogP contribution in [0.5, 0.6) is 5.75 Å². The third-order valence-corrected chi connectivity index (χ3v) is 3.20. The Morgan fingerprint density at radius 2 is 2.11 bits per heavy atom. The van der Waals surface area contributed by atoms with Gasteiger partial charge in [0.05, 0.1) is 13.2 Å². The van der Waals surface area contributed by atoms with E-state index in [1.165, 1.54) is 0 Å². The van der Waals surface area contributed by atoms with Crippen molar-refractivity contribution in [2.75, 3.05) is 14.2 Å². The summed E-state index contributed by atoms with van der Waals surface area (Å²) in [5, 5.41) is 0.696. The number of halogens is 1. The van der Waals surface area contributed by atoms with Crippen LogP contribution in [0.25, 0.3) is 0 Å². The van der Waals surface area contributed by atoms with Crippen LogP contribution in [0, 0.1) is 0 Å². The molecule has 1 aromatic rings. The summed E-state index contributed by atoms with van der Waals surface area (Å²) in [6.45, 7) is 2.01. The quantitative estimate of drug-likeness (QED) is 0.590. The maximum Gasteiger partial charge on any atom is 0.122 e. The Labute approximate surface area is 113 Å². The van der Waals surface area contributed by atoms with Crippen molar-refractivity contribution in [3.8, 4) is 5.75 Å². The zero-order chi connectivity index (χ0) is 13.5. The number of nitrogens with two attached hydrogens (primary N) is 1. The van der Waals surface area contributed by atoms with Gasteiger partial charge in [0.25, 0.3) is 0 Å². The fourth-order valence-corrected chi connectivity index (χ4v) is 2.07. The second kappa shape index (κ2) is 7.59. The number of nitrogens with one attached hydrogen (secondary N) is 1. The molecule has 18 heavy (non-hydrogen) atoms. The Morgan fingerprint density at radius 1 is 1.39 bits per heavy atom. The summed E-state index contributed by atoms with van der Waals surface area (Å²) in [7, 11) is 3.34. The molecule has 0 saturated carbocycles. The topological polar surface area (TPSA) is 56.5 Å². The number of benzene rings is 1. The van der Waals surface area contributed by atoms with Gasteiger partial charge in [-0.3, -0.25) is 11.3 Å². The van der Waals surface area contributed by atoms with Gasteiger partial charge in [-0.25, -0.2) is 0 Å². The van der Waals surface area contributed by atoms with Crippen molar-refractivity contribution in [3.05, 3.63) is 28.8 Å². The van der Waals surface area contributed by atoms with Crippen LogP contribution in [0.1, 0.15) is 18.9 Å². The lowest BCUT2D eigenvalue weighted by Gasteiger charge is -2.20. The van der Waals surface area contributed by atoms with Crippen LogP contribution < -0.4 is 16.0 Å². The summed E-state index contributed by atoms with van der Waals surface area (Å²) in [6, 6.07) is 5.70. The number of methoxy groups -OCH3 is 2. The van der Waals surface area contributed by atoms with E-state index in [1.807, 2.05) is 25.1 Å². The Kier molecular flexibility index (Phi) is 6.43. The van der Waals surface area contributed by atoms with Gasteiger partial charge in [-0.15, -0.1) is 0 Å². The van der Waals surface area contributed by atoms with E-state index in [2.05, 4.69) is 5.43 Å². The maximum absolute atomic E-state index is 6.00. The van der Waals surface area contributed by atoms with E-state index in [0.717, 1.165) is 24.2 Å². The van der Waals surface area contributed by atoms with Crippen molar-refractivity contribution in [1.29, 1.82) is 0 Å². The molecule has 0 amide bonds. The van der Waals surface area contributed by atoms with Crippen LogP contribution in [0.4, 0.5) is 0 Å². The molecule has 0 aliphatic carbocycles. The summed E-state index contributed by atoms with van der Waals surface area (Å²) < 4.78 is 10.6. The molecule has 0 bridgehead atoms. The Hall–Kier alpha value is -0.810. The molecule has 102 valence electrons. The molecule has 0 aliphatic heterocycles. The number of ether oxygens (including phenoxy) is 2. The molecule has 2 unspecified atom stereocenters. The zero-order valence-corrected chi connectivity index (χ0v) is 11.8. The molecule has 0 fully saturated rings. The average molecular weight is 273 g/mol.